The maximum Gasteiger partial charge on any atom is 0.190 e. The first-order valence-electron chi connectivity index (χ1n) is 7.51. The van der Waals surface area contributed by atoms with Gasteiger partial charge in [0.2, 0.25) is 0 Å². The van der Waals surface area contributed by atoms with Crippen LogP contribution in [0.2, 0.25) is 5.15 Å². The Labute approximate surface area is 143 Å². The van der Waals surface area contributed by atoms with Crippen LogP contribution in [0.5, 0.6) is 0 Å². The van der Waals surface area contributed by atoms with Crippen LogP contribution in [0.4, 0.5) is 5.82 Å². The number of thioether (sulfide) groups is 1. The van der Waals surface area contributed by atoms with Crippen LogP contribution < -0.4 is 5.32 Å². The molecule has 0 atom stereocenters. The van der Waals surface area contributed by atoms with Crippen molar-refractivity contribution in [3.63, 3.8) is 0 Å². The van der Waals surface area contributed by atoms with Gasteiger partial charge in [0, 0.05) is 18.5 Å². The number of fused-ring (bicyclic) bond motifs is 1. The quantitative estimate of drug-likeness (QED) is 0.430. The van der Waals surface area contributed by atoms with Gasteiger partial charge >= 0.3 is 0 Å². The van der Waals surface area contributed by atoms with E-state index in [1.54, 1.807) is 6.07 Å². The first-order valence-corrected chi connectivity index (χ1v) is 9.11. The largest absolute Gasteiger partial charge is 0.364 e. The van der Waals surface area contributed by atoms with Crippen molar-refractivity contribution < 1.29 is 0 Å². The molecule has 1 saturated carbocycles. The fraction of sp³-hybridized carbons (Fsp3) is 0.312. The van der Waals surface area contributed by atoms with Crippen LogP contribution >= 0.6 is 23.4 Å². The van der Waals surface area contributed by atoms with E-state index in [9.17, 15) is 0 Å². The summed E-state index contributed by atoms with van der Waals surface area (Å²) in [4.78, 5) is 13.2. The van der Waals surface area contributed by atoms with Crippen LogP contribution in [0.25, 0.3) is 5.65 Å². The lowest BCUT2D eigenvalue weighted by atomic mass is 10.2. The van der Waals surface area contributed by atoms with E-state index in [1.165, 1.54) is 30.2 Å². The van der Waals surface area contributed by atoms with E-state index in [4.69, 9.17) is 11.6 Å². The molecule has 0 amide bonds. The van der Waals surface area contributed by atoms with Gasteiger partial charge in [0.1, 0.15) is 16.6 Å². The van der Waals surface area contributed by atoms with E-state index < -0.39 is 0 Å². The number of rotatable bonds is 5. The van der Waals surface area contributed by atoms with Gasteiger partial charge in [0.15, 0.2) is 5.16 Å². The molecule has 0 aromatic carbocycles. The Balaban J connectivity index is 1.52. The van der Waals surface area contributed by atoms with Gasteiger partial charge in [0.25, 0.3) is 0 Å². The number of anilines is 1. The topological polar surface area (TPSA) is 55.1 Å². The third-order valence-electron chi connectivity index (χ3n) is 3.88. The normalized spacial score (nSPS) is 14.3. The average Bonchev–Trinajstić information content (AvgIpc) is 3.31. The summed E-state index contributed by atoms with van der Waals surface area (Å²) in [7, 11) is 0. The van der Waals surface area contributed by atoms with E-state index in [-0.39, 0.29) is 0 Å². The lowest BCUT2D eigenvalue weighted by Gasteiger charge is -2.05. The second-order valence-electron chi connectivity index (χ2n) is 5.65. The number of halogens is 1. The molecule has 5 nitrogen and oxygen atoms in total. The predicted molar refractivity (Wildman–Crippen MR) is 93.3 cm³/mol. The summed E-state index contributed by atoms with van der Waals surface area (Å²) in [5.41, 5.74) is 3.34. The Morgan fingerprint density at radius 1 is 1.26 bits per heavy atom. The molecule has 1 aliphatic rings. The summed E-state index contributed by atoms with van der Waals surface area (Å²) in [5.74, 6) is 1.46. The molecule has 0 radical (unpaired) electrons. The number of nitrogens with zero attached hydrogens (tertiary/aromatic N) is 4. The zero-order valence-corrected chi connectivity index (χ0v) is 14.2. The molecule has 3 aromatic rings. The highest BCUT2D eigenvalue weighted by Gasteiger charge is 2.23. The second kappa shape index (κ2) is 6.02. The first kappa shape index (κ1) is 14.8. The molecule has 1 aliphatic carbocycles. The molecule has 7 heteroatoms. The zero-order chi connectivity index (χ0) is 15.8. The highest BCUT2D eigenvalue weighted by atomic mass is 35.5. The molecule has 1 N–H and O–H groups in total. The highest BCUT2D eigenvalue weighted by molar-refractivity contribution is 7.98. The Morgan fingerprint density at radius 2 is 2.13 bits per heavy atom. The Morgan fingerprint density at radius 3 is 2.91 bits per heavy atom. The van der Waals surface area contributed by atoms with Gasteiger partial charge in [-0.3, -0.25) is 0 Å². The highest BCUT2D eigenvalue weighted by Crippen LogP contribution is 2.39. The molecular weight excluding hydrogens is 330 g/mol. The Bertz CT molecular complexity index is 859. The SMILES string of the molecule is CSc1nc(Cl)cc(NCc2cn3cc(C4CC4)ccc3n2)n1. The number of aromatic nitrogens is 4. The van der Waals surface area contributed by atoms with Crippen LogP contribution in [-0.4, -0.2) is 25.6 Å². The van der Waals surface area contributed by atoms with Crippen molar-refractivity contribution in [2.45, 2.75) is 30.5 Å². The maximum absolute atomic E-state index is 6.00. The number of hydrogen-bond donors (Lipinski definition) is 1. The minimum absolute atomic E-state index is 0.441. The van der Waals surface area contributed by atoms with Gasteiger partial charge in [-0.1, -0.05) is 29.4 Å². The molecule has 0 bridgehead atoms. The Hall–Kier alpha value is -1.79. The fourth-order valence-corrected chi connectivity index (χ4v) is 3.18. The molecule has 0 saturated heterocycles. The number of imidazole rings is 1. The van der Waals surface area contributed by atoms with Crippen molar-refractivity contribution in [1.82, 2.24) is 19.4 Å². The lowest BCUT2D eigenvalue weighted by Crippen LogP contribution is -2.03. The molecule has 0 aliphatic heterocycles. The minimum atomic E-state index is 0.441. The molecule has 23 heavy (non-hydrogen) atoms. The summed E-state index contributed by atoms with van der Waals surface area (Å²) in [6, 6.07) is 6.00. The second-order valence-corrected chi connectivity index (χ2v) is 6.81. The van der Waals surface area contributed by atoms with Crippen molar-refractivity contribution in [3.8, 4) is 0 Å². The van der Waals surface area contributed by atoms with E-state index in [1.807, 2.05) is 6.26 Å². The average molecular weight is 346 g/mol. The molecule has 3 aromatic heterocycles. The first-order chi connectivity index (χ1) is 11.2. The maximum atomic E-state index is 6.00. The van der Waals surface area contributed by atoms with Crippen LogP contribution in [0.3, 0.4) is 0 Å². The molecule has 0 spiro atoms. The molecule has 0 unspecified atom stereocenters. The summed E-state index contributed by atoms with van der Waals surface area (Å²) in [6.45, 7) is 0.599. The summed E-state index contributed by atoms with van der Waals surface area (Å²) in [6.07, 6.45) is 8.79. The molecular formula is C16H16ClN5S. The van der Waals surface area contributed by atoms with Crippen LogP contribution in [0, 0.1) is 0 Å². The molecule has 118 valence electrons. The third-order valence-corrected chi connectivity index (χ3v) is 4.62. The van der Waals surface area contributed by atoms with Crippen LogP contribution in [0.15, 0.2) is 35.7 Å². The van der Waals surface area contributed by atoms with E-state index >= 15 is 0 Å². The lowest BCUT2D eigenvalue weighted by molar-refractivity contribution is 0.950. The van der Waals surface area contributed by atoms with E-state index in [0.29, 0.717) is 22.7 Å². The van der Waals surface area contributed by atoms with Crippen LogP contribution in [0.1, 0.15) is 30.0 Å². The summed E-state index contributed by atoms with van der Waals surface area (Å²) in [5, 5.41) is 4.36. The molecule has 4 rings (SSSR count). The monoisotopic (exact) mass is 345 g/mol. The van der Waals surface area contributed by atoms with Crippen LogP contribution in [-0.2, 0) is 6.54 Å². The van der Waals surface area contributed by atoms with Gasteiger partial charge in [-0.15, -0.1) is 0 Å². The standard InChI is InChI=1S/C16H16ClN5S/c1-23-16-20-13(17)6-14(21-16)18-7-12-9-22-8-11(10-2-3-10)4-5-15(22)19-12/h4-6,8-10H,2-3,7H2,1H3,(H,18,20,21). The van der Waals surface area contributed by atoms with Gasteiger partial charge in [-0.2, -0.15) is 0 Å². The van der Waals surface area contributed by atoms with Crippen molar-refractivity contribution in [2.75, 3.05) is 11.6 Å². The van der Waals surface area contributed by atoms with Crippen molar-refractivity contribution in [2.24, 2.45) is 0 Å². The predicted octanol–water partition coefficient (Wildman–Crippen LogP) is 3.99. The number of pyridine rings is 1. The van der Waals surface area contributed by atoms with Crippen molar-refractivity contribution >= 4 is 34.8 Å². The molecule has 1 fully saturated rings. The summed E-state index contributed by atoms with van der Waals surface area (Å²) < 4.78 is 2.10. The Kier molecular flexibility index (Phi) is 3.87. The fourth-order valence-electron chi connectivity index (χ4n) is 2.56. The van der Waals surface area contributed by atoms with Gasteiger partial charge in [-0.25, -0.2) is 15.0 Å². The number of hydrogen-bond acceptors (Lipinski definition) is 5. The number of nitrogens with one attached hydrogen (secondary N) is 1. The smallest absolute Gasteiger partial charge is 0.190 e. The van der Waals surface area contributed by atoms with Gasteiger partial charge in [0.05, 0.1) is 12.2 Å². The summed E-state index contributed by atoms with van der Waals surface area (Å²) >= 11 is 7.47. The van der Waals surface area contributed by atoms with Crippen molar-refractivity contribution in [1.29, 1.82) is 0 Å². The van der Waals surface area contributed by atoms with E-state index in [2.05, 4.69) is 49.2 Å². The van der Waals surface area contributed by atoms with Crippen molar-refractivity contribution in [3.05, 3.63) is 47.0 Å². The van der Waals surface area contributed by atoms with Gasteiger partial charge < -0.3 is 9.72 Å². The van der Waals surface area contributed by atoms with E-state index in [0.717, 1.165) is 17.3 Å². The third kappa shape index (κ3) is 3.28. The minimum Gasteiger partial charge on any atom is -0.364 e. The molecule has 3 heterocycles. The van der Waals surface area contributed by atoms with Gasteiger partial charge in [-0.05, 0) is 36.6 Å². The zero-order valence-electron chi connectivity index (χ0n) is 12.7.